The molecule has 20 heavy (non-hydrogen) atoms. The summed E-state index contributed by atoms with van der Waals surface area (Å²) in [5, 5.41) is 18.7. The first-order valence-electron chi connectivity index (χ1n) is 5.00. The molecule has 0 aromatic heterocycles. The smallest absolute Gasteiger partial charge is 0.425 e. The zero-order valence-electron chi connectivity index (χ0n) is 9.56. The van der Waals surface area contributed by atoms with Crippen molar-refractivity contribution in [1.29, 1.82) is 0 Å². The van der Waals surface area contributed by atoms with Crippen LogP contribution in [0.3, 0.4) is 0 Å². The van der Waals surface area contributed by atoms with Crippen LogP contribution in [0.5, 0.6) is 5.75 Å². The molecule has 1 unspecified atom stereocenters. The second-order valence-corrected chi connectivity index (χ2v) is 3.62. The van der Waals surface area contributed by atoms with E-state index in [0.717, 1.165) is 6.07 Å². The zero-order chi connectivity index (χ0) is 15.5. The molecule has 0 aliphatic heterocycles. The zero-order valence-corrected chi connectivity index (χ0v) is 9.56. The van der Waals surface area contributed by atoms with Gasteiger partial charge in [0, 0.05) is 12.1 Å². The van der Waals surface area contributed by atoms with Crippen molar-refractivity contribution in [3.8, 4) is 5.75 Å². The van der Waals surface area contributed by atoms with Gasteiger partial charge in [0.2, 0.25) is 11.9 Å². The van der Waals surface area contributed by atoms with Crippen LogP contribution in [0.2, 0.25) is 0 Å². The molecule has 0 spiro atoms. The fourth-order valence-electron chi connectivity index (χ4n) is 1.26. The van der Waals surface area contributed by atoms with Gasteiger partial charge in [-0.05, 0) is 6.07 Å². The summed E-state index contributed by atoms with van der Waals surface area (Å²) in [6, 6.07) is 1.76. The number of benzene rings is 1. The Hall–Kier alpha value is -2.39. The van der Waals surface area contributed by atoms with Crippen molar-refractivity contribution in [2.24, 2.45) is 0 Å². The minimum atomic E-state index is -4.98. The van der Waals surface area contributed by atoms with Crippen molar-refractivity contribution < 1.29 is 37.1 Å². The number of carboxylic acids is 1. The number of carboxylic acid groups (broad SMARTS) is 1. The first-order valence-corrected chi connectivity index (χ1v) is 5.00. The van der Waals surface area contributed by atoms with Gasteiger partial charge in [-0.2, -0.15) is 17.6 Å². The quantitative estimate of drug-likeness (QED) is 0.512. The molecule has 1 aromatic carbocycles. The van der Waals surface area contributed by atoms with E-state index in [1.807, 2.05) is 0 Å². The Kier molecular flexibility index (Phi) is 4.48. The van der Waals surface area contributed by atoms with Crippen molar-refractivity contribution in [1.82, 2.24) is 0 Å². The summed E-state index contributed by atoms with van der Waals surface area (Å²) in [7, 11) is 0. The molecular weight excluding hydrogens is 290 g/mol. The van der Waals surface area contributed by atoms with E-state index in [1.165, 1.54) is 0 Å². The summed E-state index contributed by atoms with van der Waals surface area (Å²) in [6.45, 7) is 0. The van der Waals surface area contributed by atoms with E-state index in [4.69, 9.17) is 5.11 Å². The summed E-state index contributed by atoms with van der Waals surface area (Å²) >= 11 is 0. The van der Waals surface area contributed by atoms with Crippen LogP contribution in [0.25, 0.3) is 0 Å². The molecule has 0 saturated heterocycles. The van der Waals surface area contributed by atoms with Crippen LogP contribution < -0.4 is 4.74 Å². The molecule has 1 atom stereocenters. The Morgan fingerprint density at radius 1 is 1.45 bits per heavy atom. The van der Waals surface area contributed by atoms with Gasteiger partial charge in [-0.3, -0.25) is 14.9 Å². The lowest BCUT2D eigenvalue weighted by Gasteiger charge is -2.20. The monoisotopic (exact) mass is 297 g/mol. The summed E-state index contributed by atoms with van der Waals surface area (Å²) in [4.78, 5) is 19.6. The highest BCUT2D eigenvalue weighted by Gasteiger charge is 2.43. The van der Waals surface area contributed by atoms with Crippen LogP contribution >= 0.6 is 0 Å². The molecule has 10 heteroatoms. The number of nitro benzene ring substituents is 1. The van der Waals surface area contributed by atoms with Crippen LogP contribution in [0.15, 0.2) is 18.2 Å². The number of alkyl halides is 3. The highest BCUT2D eigenvalue weighted by molar-refractivity contribution is 5.67. The van der Waals surface area contributed by atoms with E-state index in [1.54, 1.807) is 0 Å². The molecule has 0 saturated carbocycles. The maximum absolute atomic E-state index is 13.2. The molecule has 6 nitrogen and oxygen atoms in total. The van der Waals surface area contributed by atoms with Gasteiger partial charge in [0.1, 0.15) is 5.75 Å². The number of nitro groups is 1. The average molecular weight is 297 g/mol. The Morgan fingerprint density at radius 2 is 2.05 bits per heavy atom. The molecular formula is C10H7F4NO5. The van der Waals surface area contributed by atoms with E-state index in [0.29, 0.717) is 12.1 Å². The predicted octanol–water partition coefficient (Wildman–Crippen LogP) is 2.52. The first-order chi connectivity index (χ1) is 9.11. The second-order valence-electron chi connectivity index (χ2n) is 3.62. The predicted molar refractivity (Wildman–Crippen MR) is 55.8 cm³/mol. The largest absolute Gasteiger partial charge is 0.481 e. The summed E-state index contributed by atoms with van der Waals surface area (Å²) < 4.78 is 55.0. The molecule has 0 fully saturated rings. The molecule has 1 aromatic rings. The topological polar surface area (TPSA) is 89.7 Å². The van der Waals surface area contributed by atoms with Crippen molar-refractivity contribution in [2.75, 3.05) is 0 Å². The second kappa shape index (κ2) is 5.72. The lowest BCUT2D eigenvalue weighted by atomic mass is 10.2. The molecule has 0 amide bonds. The van der Waals surface area contributed by atoms with Crippen molar-refractivity contribution in [3.63, 3.8) is 0 Å². The van der Waals surface area contributed by atoms with E-state index in [2.05, 4.69) is 4.74 Å². The highest BCUT2D eigenvalue weighted by Crippen LogP contribution is 2.29. The van der Waals surface area contributed by atoms with Crippen molar-refractivity contribution in [2.45, 2.75) is 18.7 Å². The molecule has 1 rings (SSSR count). The first kappa shape index (κ1) is 15.7. The number of halogens is 4. The number of hydrogen-bond donors (Lipinski definition) is 1. The number of carbonyl (C=O) groups is 1. The number of aliphatic carboxylic acids is 1. The van der Waals surface area contributed by atoms with Gasteiger partial charge in [-0.15, -0.1) is 0 Å². The highest BCUT2D eigenvalue weighted by atomic mass is 19.4. The molecule has 1 N–H and O–H groups in total. The molecule has 0 aliphatic rings. The Bertz CT molecular complexity index is 531. The Labute approximate surface area is 108 Å². The maximum Gasteiger partial charge on any atom is 0.425 e. The third kappa shape index (κ3) is 4.07. The van der Waals surface area contributed by atoms with Crippen molar-refractivity contribution in [3.05, 3.63) is 34.1 Å². The van der Waals surface area contributed by atoms with Gasteiger partial charge in [-0.25, -0.2) is 0 Å². The van der Waals surface area contributed by atoms with Crippen molar-refractivity contribution >= 4 is 11.7 Å². The fraction of sp³-hybridized carbons (Fsp3) is 0.300. The van der Waals surface area contributed by atoms with Crippen LogP contribution in [0.1, 0.15) is 6.42 Å². The number of nitrogens with zero attached hydrogens (tertiary/aromatic N) is 1. The van der Waals surface area contributed by atoms with Gasteiger partial charge < -0.3 is 9.84 Å². The standard InChI is InChI=1S/C10H7F4NO5/c11-6-3-5(1-2-7(6)15(18)19)20-8(4-9(16)17)10(12,13)14/h1-3,8H,4H2,(H,16,17). The SMILES string of the molecule is O=C(O)CC(Oc1ccc([N+](=O)[O-])c(F)c1)C(F)(F)F. The van der Waals surface area contributed by atoms with Crippen LogP contribution in [0, 0.1) is 15.9 Å². The third-order valence-electron chi connectivity index (χ3n) is 2.12. The minimum absolute atomic E-state index is 0.388. The molecule has 0 aliphatic carbocycles. The van der Waals surface area contributed by atoms with Gasteiger partial charge in [0.25, 0.3) is 0 Å². The lowest BCUT2D eigenvalue weighted by molar-refractivity contribution is -0.387. The molecule has 0 radical (unpaired) electrons. The minimum Gasteiger partial charge on any atom is -0.481 e. The maximum atomic E-state index is 13.2. The lowest BCUT2D eigenvalue weighted by Crippen LogP contribution is -2.36. The average Bonchev–Trinajstić information content (AvgIpc) is 2.25. The van der Waals surface area contributed by atoms with Crippen LogP contribution in [0.4, 0.5) is 23.2 Å². The summed E-state index contributed by atoms with van der Waals surface area (Å²) in [6.07, 6.45) is -9.03. The molecule has 0 bridgehead atoms. The summed E-state index contributed by atoms with van der Waals surface area (Å²) in [5.41, 5.74) is -0.931. The summed E-state index contributed by atoms with van der Waals surface area (Å²) in [5.74, 6) is -3.80. The number of hydrogen-bond acceptors (Lipinski definition) is 4. The fourth-order valence-corrected chi connectivity index (χ4v) is 1.26. The Balaban J connectivity index is 2.97. The van der Waals surface area contributed by atoms with Gasteiger partial charge in [0.15, 0.2) is 0 Å². The van der Waals surface area contributed by atoms with Crippen LogP contribution in [-0.2, 0) is 4.79 Å². The third-order valence-corrected chi connectivity index (χ3v) is 2.12. The van der Waals surface area contributed by atoms with E-state index >= 15 is 0 Å². The van der Waals surface area contributed by atoms with Gasteiger partial charge in [-0.1, -0.05) is 0 Å². The number of ether oxygens (including phenoxy) is 1. The van der Waals surface area contributed by atoms with Crippen LogP contribution in [-0.4, -0.2) is 28.3 Å². The normalized spacial score (nSPS) is 12.8. The molecule has 110 valence electrons. The van der Waals surface area contributed by atoms with Gasteiger partial charge in [0.05, 0.1) is 11.3 Å². The van der Waals surface area contributed by atoms with Gasteiger partial charge >= 0.3 is 17.8 Å². The van der Waals surface area contributed by atoms with E-state index in [9.17, 15) is 32.5 Å². The van der Waals surface area contributed by atoms with E-state index in [-0.39, 0.29) is 0 Å². The molecule has 0 heterocycles. The van der Waals surface area contributed by atoms with E-state index < -0.39 is 46.8 Å². The number of rotatable bonds is 5. The Morgan fingerprint density at radius 3 is 2.45 bits per heavy atom.